The molecule has 1 aromatic rings. The minimum absolute atomic E-state index is 0.137. The molecule has 1 atom stereocenters. The Morgan fingerprint density at radius 2 is 2.24 bits per heavy atom. The molecular formula is C10H10N2O4S. The van der Waals surface area contributed by atoms with Crippen LogP contribution in [0.15, 0.2) is 12.1 Å². The molecular weight excluding hydrogens is 244 g/mol. The van der Waals surface area contributed by atoms with Gasteiger partial charge in [-0.15, -0.1) is 11.3 Å². The standard InChI is InChI=1S/C10H10N2O4S/c13-7-3-1-5(11-7)9(14)12-8-4-2-6(17-8)10(15)16/h2,4-5H,1,3H2,(H,11,13)(H,12,14)(H,15,16)/t5-/m0/s1. The molecule has 0 saturated carbocycles. The van der Waals surface area contributed by atoms with Crippen molar-refractivity contribution in [2.75, 3.05) is 5.32 Å². The number of rotatable bonds is 3. The van der Waals surface area contributed by atoms with E-state index in [1.165, 1.54) is 12.1 Å². The molecule has 1 aliphatic rings. The van der Waals surface area contributed by atoms with Crippen molar-refractivity contribution in [3.05, 3.63) is 17.0 Å². The van der Waals surface area contributed by atoms with Gasteiger partial charge in [0.15, 0.2) is 0 Å². The van der Waals surface area contributed by atoms with Crippen LogP contribution in [0.25, 0.3) is 0 Å². The minimum Gasteiger partial charge on any atom is -0.477 e. The van der Waals surface area contributed by atoms with Crippen LogP contribution in [0, 0.1) is 0 Å². The molecule has 6 nitrogen and oxygen atoms in total. The Bertz CT molecular complexity index is 482. The van der Waals surface area contributed by atoms with Gasteiger partial charge >= 0.3 is 5.97 Å². The fourth-order valence-electron chi connectivity index (χ4n) is 1.54. The Balaban J connectivity index is 1.98. The molecule has 0 unspecified atom stereocenters. The van der Waals surface area contributed by atoms with Crippen molar-refractivity contribution in [2.24, 2.45) is 0 Å². The lowest BCUT2D eigenvalue weighted by Gasteiger charge is -2.08. The fourth-order valence-corrected chi connectivity index (χ4v) is 2.29. The molecule has 1 aromatic heterocycles. The fraction of sp³-hybridized carbons (Fsp3) is 0.300. The summed E-state index contributed by atoms with van der Waals surface area (Å²) in [5.41, 5.74) is 0. The first kappa shape index (κ1) is 11.6. The van der Waals surface area contributed by atoms with Gasteiger partial charge in [0.05, 0.1) is 5.00 Å². The van der Waals surface area contributed by atoms with Crippen LogP contribution in [0.4, 0.5) is 5.00 Å². The average molecular weight is 254 g/mol. The monoisotopic (exact) mass is 254 g/mol. The number of aromatic carboxylic acids is 1. The van der Waals surface area contributed by atoms with Crippen LogP contribution in [0.3, 0.4) is 0 Å². The van der Waals surface area contributed by atoms with Crippen molar-refractivity contribution in [3.8, 4) is 0 Å². The molecule has 0 bridgehead atoms. The van der Waals surface area contributed by atoms with Crippen LogP contribution < -0.4 is 10.6 Å². The summed E-state index contributed by atoms with van der Waals surface area (Å²) in [4.78, 5) is 33.4. The number of carboxylic acids is 1. The molecule has 1 fully saturated rings. The third-order valence-corrected chi connectivity index (χ3v) is 3.36. The molecule has 0 spiro atoms. The topological polar surface area (TPSA) is 95.5 Å². The van der Waals surface area contributed by atoms with Gasteiger partial charge in [-0.3, -0.25) is 9.59 Å². The number of anilines is 1. The zero-order valence-electron chi connectivity index (χ0n) is 8.73. The summed E-state index contributed by atoms with van der Waals surface area (Å²) in [5, 5.41) is 14.3. The first-order chi connectivity index (χ1) is 8.06. The maximum absolute atomic E-state index is 11.7. The maximum Gasteiger partial charge on any atom is 0.345 e. The summed E-state index contributed by atoms with van der Waals surface area (Å²) in [6.45, 7) is 0. The zero-order valence-corrected chi connectivity index (χ0v) is 9.54. The third kappa shape index (κ3) is 2.62. The van der Waals surface area contributed by atoms with E-state index < -0.39 is 12.0 Å². The van der Waals surface area contributed by atoms with Crippen molar-refractivity contribution >= 4 is 34.1 Å². The van der Waals surface area contributed by atoms with Crippen LogP contribution in [0.2, 0.25) is 0 Å². The van der Waals surface area contributed by atoms with Gasteiger partial charge in [-0.25, -0.2) is 4.79 Å². The van der Waals surface area contributed by atoms with Gasteiger partial charge in [0, 0.05) is 6.42 Å². The second-order valence-corrected chi connectivity index (χ2v) is 4.70. The highest BCUT2D eigenvalue weighted by atomic mass is 32.1. The summed E-state index contributed by atoms with van der Waals surface area (Å²) in [6, 6.07) is 2.44. The van der Waals surface area contributed by atoms with E-state index in [9.17, 15) is 14.4 Å². The van der Waals surface area contributed by atoms with E-state index in [1.54, 1.807) is 0 Å². The summed E-state index contributed by atoms with van der Waals surface area (Å²) in [5.74, 6) is -1.47. The Labute approximate surface area is 101 Å². The molecule has 3 N–H and O–H groups in total. The number of nitrogens with one attached hydrogen (secondary N) is 2. The lowest BCUT2D eigenvalue weighted by atomic mass is 10.2. The van der Waals surface area contributed by atoms with Crippen LogP contribution >= 0.6 is 11.3 Å². The number of hydrogen-bond donors (Lipinski definition) is 3. The van der Waals surface area contributed by atoms with Crippen LogP contribution in [-0.2, 0) is 9.59 Å². The van der Waals surface area contributed by atoms with Crippen LogP contribution in [0.1, 0.15) is 22.5 Å². The normalized spacial score (nSPS) is 18.8. The van der Waals surface area contributed by atoms with E-state index in [2.05, 4.69) is 10.6 Å². The summed E-state index contributed by atoms with van der Waals surface area (Å²) in [7, 11) is 0. The molecule has 17 heavy (non-hydrogen) atoms. The summed E-state index contributed by atoms with van der Waals surface area (Å²) < 4.78 is 0. The highest BCUT2D eigenvalue weighted by Gasteiger charge is 2.27. The lowest BCUT2D eigenvalue weighted by Crippen LogP contribution is -2.37. The van der Waals surface area contributed by atoms with Gasteiger partial charge in [0.25, 0.3) is 0 Å². The number of carbonyl (C=O) groups excluding carboxylic acids is 2. The largest absolute Gasteiger partial charge is 0.477 e. The zero-order chi connectivity index (χ0) is 12.4. The molecule has 1 saturated heterocycles. The highest BCUT2D eigenvalue weighted by molar-refractivity contribution is 7.18. The van der Waals surface area contributed by atoms with Crippen molar-refractivity contribution < 1.29 is 19.5 Å². The van der Waals surface area contributed by atoms with Crippen molar-refractivity contribution in [3.63, 3.8) is 0 Å². The predicted molar refractivity (Wildman–Crippen MR) is 61.1 cm³/mol. The van der Waals surface area contributed by atoms with Gasteiger partial charge in [0.2, 0.25) is 11.8 Å². The Morgan fingerprint density at radius 3 is 2.76 bits per heavy atom. The summed E-state index contributed by atoms with van der Waals surface area (Å²) >= 11 is 0.985. The second kappa shape index (κ2) is 4.54. The quantitative estimate of drug-likeness (QED) is 0.738. The molecule has 0 aliphatic carbocycles. The second-order valence-electron chi connectivity index (χ2n) is 3.62. The van der Waals surface area contributed by atoms with Crippen molar-refractivity contribution in [1.82, 2.24) is 5.32 Å². The first-order valence-electron chi connectivity index (χ1n) is 4.99. The lowest BCUT2D eigenvalue weighted by molar-refractivity contribution is -0.122. The average Bonchev–Trinajstić information content (AvgIpc) is 2.86. The number of amides is 2. The van der Waals surface area contributed by atoms with Gasteiger partial charge in [-0.1, -0.05) is 0 Å². The van der Waals surface area contributed by atoms with E-state index >= 15 is 0 Å². The van der Waals surface area contributed by atoms with E-state index in [4.69, 9.17) is 5.11 Å². The maximum atomic E-state index is 11.7. The smallest absolute Gasteiger partial charge is 0.345 e. The molecule has 0 radical (unpaired) electrons. The van der Waals surface area contributed by atoms with E-state index in [-0.39, 0.29) is 16.7 Å². The molecule has 0 aromatic carbocycles. The highest BCUT2D eigenvalue weighted by Crippen LogP contribution is 2.22. The minimum atomic E-state index is -1.02. The number of carboxylic acid groups (broad SMARTS) is 1. The SMILES string of the molecule is O=C1CC[C@@H](C(=O)Nc2ccc(C(=O)O)s2)N1. The molecule has 7 heteroatoms. The van der Waals surface area contributed by atoms with E-state index in [0.29, 0.717) is 17.8 Å². The molecule has 2 rings (SSSR count). The molecule has 2 amide bonds. The molecule has 2 heterocycles. The molecule has 90 valence electrons. The Kier molecular flexibility index (Phi) is 3.10. The van der Waals surface area contributed by atoms with E-state index in [1.807, 2.05) is 0 Å². The Morgan fingerprint density at radius 1 is 1.47 bits per heavy atom. The summed E-state index contributed by atoms with van der Waals surface area (Å²) in [6.07, 6.45) is 0.824. The Hall–Kier alpha value is -1.89. The number of thiophene rings is 1. The van der Waals surface area contributed by atoms with Gasteiger partial charge < -0.3 is 15.7 Å². The molecule has 1 aliphatic heterocycles. The van der Waals surface area contributed by atoms with Gasteiger partial charge in [0.1, 0.15) is 10.9 Å². The van der Waals surface area contributed by atoms with Crippen molar-refractivity contribution in [1.29, 1.82) is 0 Å². The predicted octanol–water partition coefficient (Wildman–Crippen LogP) is 0.663. The number of hydrogen-bond acceptors (Lipinski definition) is 4. The van der Waals surface area contributed by atoms with Gasteiger partial charge in [-0.2, -0.15) is 0 Å². The number of carbonyl (C=O) groups is 3. The van der Waals surface area contributed by atoms with Crippen LogP contribution in [-0.4, -0.2) is 28.9 Å². The first-order valence-corrected chi connectivity index (χ1v) is 5.81. The van der Waals surface area contributed by atoms with Crippen molar-refractivity contribution in [2.45, 2.75) is 18.9 Å². The van der Waals surface area contributed by atoms with Gasteiger partial charge in [-0.05, 0) is 18.6 Å². The van der Waals surface area contributed by atoms with Crippen LogP contribution in [0.5, 0.6) is 0 Å². The van der Waals surface area contributed by atoms with E-state index in [0.717, 1.165) is 11.3 Å². The third-order valence-electron chi connectivity index (χ3n) is 2.37.